The number of aromatic nitrogens is 1. The van der Waals surface area contributed by atoms with Gasteiger partial charge in [-0.15, -0.1) is 0 Å². The Labute approximate surface area is 105 Å². The summed E-state index contributed by atoms with van der Waals surface area (Å²) in [6.45, 7) is 2.25. The van der Waals surface area contributed by atoms with Crippen LogP contribution in [0.1, 0.15) is 35.4 Å². The largest absolute Gasteiger partial charge is 0.505 e. The highest BCUT2D eigenvalue weighted by Gasteiger charge is 2.28. The van der Waals surface area contributed by atoms with Crippen LogP contribution in [0, 0.1) is 12.8 Å². The number of nitrogens with one attached hydrogen (secondary N) is 1. The third-order valence-corrected chi connectivity index (χ3v) is 3.24. The number of hydrogen-bond donors (Lipinski definition) is 2. The molecule has 1 saturated carbocycles. The molecule has 0 aromatic carbocycles. The topological polar surface area (TPSA) is 62.2 Å². The second-order valence-corrected chi connectivity index (χ2v) is 4.80. The first kappa shape index (κ1) is 12.8. The summed E-state index contributed by atoms with van der Waals surface area (Å²) in [5, 5.41) is 12.2. The lowest BCUT2D eigenvalue weighted by Crippen LogP contribution is -2.31. The van der Waals surface area contributed by atoms with Crippen LogP contribution in [0.4, 0.5) is 4.39 Å². The molecule has 2 rings (SSSR count). The number of rotatable bonds is 4. The van der Waals surface area contributed by atoms with E-state index in [-0.39, 0.29) is 17.4 Å². The van der Waals surface area contributed by atoms with Gasteiger partial charge in [0.15, 0.2) is 5.69 Å². The van der Waals surface area contributed by atoms with Gasteiger partial charge in [0.2, 0.25) is 0 Å². The second-order valence-electron chi connectivity index (χ2n) is 4.80. The van der Waals surface area contributed by atoms with Crippen LogP contribution in [0.25, 0.3) is 0 Å². The molecule has 98 valence electrons. The zero-order valence-electron chi connectivity index (χ0n) is 10.3. The van der Waals surface area contributed by atoms with E-state index in [1.807, 2.05) is 0 Å². The van der Waals surface area contributed by atoms with Gasteiger partial charge in [-0.25, -0.2) is 9.37 Å². The number of amides is 1. The highest BCUT2D eigenvalue weighted by Crippen LogP contribution is 2.32. The number of pyridine rings is 1. The van der Waals surface area contributed by atoms with Crippen LogP contribution in [0.5, 0.6) is 5.75 Å². The fraction of sp³-hybridized carbons (Fsp3) is 0.538. The maximum Gasteiger partial charge on any atom is 0.273 e. The lowest BCUT2D eigenvalue weighted by molar-refractivity contribution is 0.0926. The molecule has 0 atom stereocenters. The van der Waals surface area contributed by atoms with Crippen LogP contribution >= 0.6 is 0 Å². The standard InChI is InChI=1S/C13H17FN2O2/c1-8-2-3-11(17)12(16-8)13(18)15-5-4-9-6-10(14)7-9/h2-3,9-10,17H,4-7H2,1H3,(H,15,18). The molecule has 1 aliphatic rings. The van der Waals surface area contributed by atoms with Crippen LogP contribution in [0.2, 0.25) is 0 Å². The van der Waals surface area contributed by atoms with Gasteiger partial charge in [-0.3, -0.25) is 4.79 Å². The van der Waals surface area contributed by atoms with Gasteiger partial charge in [-0.1, -0.05) is 0 Å². The molecule has 1 aromatic heterocycles. The number of carbonyl (C=O) groups is 1. The predicted octanol–water partition coefficient (Wildman–Crippen LogP) is 1.96. The summed E-state index contributed by atoms with van der Waals surface area (Å²) < 4.78 is 12.6. The summed E-state index contributed by atoms with van der Waals surface area (Å²) in [5.74, 6) is -0.128. The molecule has 0 saturated heterocycles. The summed E-state index contributed by atoms with van der Waals surface area (Å²) in [7, 11) is 0. The quantitative estimate of drug-likeness (QED) is 0.861. The van der Waals surface area contributed by atoms with E-state index in [0.717, 1.165) is 6.42 Å². The van der Waals surface area contributed by atoms with Crippen LogP contribution in [0.15, 0.2) is 12.1 Å². The summed E-state index contributed by atoms with van der Waals surface area (Å²) >= 11 is 0. The number of hydrogen-bond acceptors (Lipinski definition) is 3. The Morgan fingerprint density at radius 2 is 2.28 bits per heavy atom. The first-order chi connectivity index (χ1) is 8.56. The average molecular weight is 252 g/mol. The van der Waals surface area contributed by atoms with Crippen molar-refractivity contribution in [3.8, 4) is 5.75 Å². The van der Waals surface area contributed by atoms with Crippen molar-refractivity contribution in [3.63, 3.8) is 0 Å². The maximum absolute atomic E-state index is 12.6. The molecule has 0 bridgehead atoms. The number of carbonyl (C=O) groups excluding carboxylic acids is 1. The van der Waals surface area contributed by atoms with Crippen molar-refractivity contribution in [2.75, 3.05) is 6.54 Å². The van der Waals surface area contributed by atoms with E-state index >= 15 is 0 Å². The van der Waals surface area contributed by atoms with Gasteiger partial charge in [0.1, 0.15) is 11.9 Å². The molecule has 1 amide bonds. The molecule has 1 aliphatic carbocycles. The van der Waals surface area contributed by atoms with Crippen molar-refractivity contribution < 1.29 is 14.3 Å². The predicted molar refractivity (Wildman–Crippen MR) is 65.2 cm³/mol. The molecule has 1 fully saturated rings. The Bertz CT molecular complexity index is 445. The first-order valence-electron chi connectivity index (χ1n) is 6.15. The lowest BCUT2D eigenvalue weighted by Gasteiger charge is -2.29. The molecule has 18 heavy (non-hydrogen) atoms. The Hall–Kier alpha value is -1.65. The van der Waals surface area contributed by atoms with E-state index in [9.17, 15) is 14.3 Å². The number of aromatic hydroxyl groups is 1. The van der Waals surface area contributed by atoms with Gasteiger partial charge in [-0.05, 0) is 44.2 Å². The van der Waals surface area contributed by atoms with Gasteiger partial charge in [0, 0.05) is 12.2 Å². The van der Waals surface area contributed by atoms with E-state index in [4.69, 9.17) is 0 Å². The zero-order chi connectivity index (χ0) is 13.1. The van der Waals surface area contributed by atoms with Gasteiger partial charge < -0.3 is 10.4 Å². The van der Waals surface area contributed by atoms with E-state index in [2.05, 4.69) is 10.3 Å². The van der Waals surface area contributed by atoms with E-state index < -0.39 is 6.17 Å². The van der Waals surface area contributed by atoms with Crippen molar-refractivity contribution in [2.24, 2.45) is 5.92 Å². The smallest absolute Gasteiger partial charge is 0.273 e. The minimum Gasteiger partial charge on any atom is -0.505 e. The third kappa shape index (κ3) is 2.97. The van der Waals surface area contributed by atoms with Gasteiger partial charge in [0.25, 0.3) is 5.91 Å². The van der Waals surface area contributed by atoms with E-state index in [0.29, 0.717) is 31.0 Å². The van der Waals surface area contributed by atoms with Crippen molar-refractivity contribution in [1.82, 2.24) is 10.3 Å². The Kier molecular flexibility index (Phi) is 3.79. The van der Waals surface area contributed by atoms with Crippen LogP contribution < -0.4 is 5.32 Å². The molecule has 2 N–H and O–H groups in total. The number of halogens is 1. The summed E-state index contributed by atoms with van der Waals surface area (Å²) in [6, 6.07) is 3.10. The minimum atomic E-state index is -0.659. The summed E-state index contributed by atoms with van der Waals surface area (Å²) in [6.07, 6.45) is 1.32. The molecule has 1 aromatic rings. The number of alkyl halides is 1. The highest BCUT2D eigenvalue weighted by atomic mass is 19.1. The molecule has 0 spiro atoms. The van der Waals surface area contributed by atoms with Crippen LogP contribution in [-0.2, 0) is 0 Å². The normalized spacial score (nSPS) is 22.3. The average Bonchev–Trinajstić information content (AvgIpc) is 2.29. The molecule has 0 aliphatic heterocycles. The highest BCUT2D eigenvalue weighted by molar-refractivity contribution is 5.94. The Morgan fingerprint density at radius 1 is 1.56 bits per heavy atom. The molecular formula is C13H17FN2O2. The van der Waals surface area contributed by atoms with E-state index in [1.54, 1.807) is 13.0 Å². The lowest BCUT2D eigenvalue weighted by atomic mass is 9.81. The van der Waals surface area contributed by atoms with Gasteiger partial charge in [0.05, 0.1) is 0 Å². The van der Waals surface area contributed by atoms with Crippen LogP contribution in [-0.4, -0.2) is 28.7 Å². The summed E-state index contributed by atoms with van der Waals surface area (Å²) in [4.78, 5) is 15.8. The molecular weight excluding hydrogens is 235 g/mol. The maximum atomic E-state index is 12.6. The second kappa shape index (κ2) is 5.33. The van der Waals surface area contributed by atoms with Crippen molar-refractivity contribution in [2.45, 2.75) is 32.4 Å². The molecule has 0 unspecified atom stereocenters. The fourth-order valence-corrected chi connectivity index (χ4v) is 2.08. The van der Waals surface area contributed by atoms with Crippen molar-refractivity contribution in [3.05, 3.63) is 23.5 Å². The van der Waals surface area contributed by atoms with Crippen molar-refractivity contribution in [1.29, 1.82) is 0 Å². The van der Waals surface area contributed by atoms with Crippen molar-refractivity contribution >= 4 is 5.91 Å². The summed E-state index contributed by atoms with van der Waals surface area (Å²) in [5.41, 5.74) is 0.726. The van der Waals surface area contributed by atoms with Gasteiger partial charge >= 0.3 is 0 Å². The van der Waals surface area contributed by atoms with Gasteiger partial charge in [-0.2, -0.15) is 0 Å². The SMILES string of the molecule is Cc1ccc(O)c(C(=O)NCCC2CC(F)C2)n1. The molecule has 5 heteroatoms. The Morgan fingerprint density at radius 3 is 2.94 bits per heavy atom. The first-order valence-corrected chi connectivity index (χ1v) is 6.15. The van der Waals surface area contributed by atoms with E-state index in [1.165, 1.54) is 6.07 Å². The fourth-order valence-electron chi connectivity index (χ4n) is 2.08. The zero-order valence-corrected chi connectivity index (χ0v) is 10.3. The third-order valence-electron chi connectivity index (χ3n) is 3.24. The Balaban J connectivity index is 1.82. The monoisotopic (exact) mass is 252 g/mol. The number of nitrogens with zero attached hydrogens (tertiary/aromatic N) is 1. The number of aryl methyl sites for hydroxylation is 1. The molecule has 1 heterocycles. The molecule has 4 nitrogen and oxygen atoms in total. The molecule has 0 radical (unpaired) electrons. The minimum absolute atomic E-state index is 0.0481. The van der Waals surface area contributed by atoms with Crippen LogP contribution in [0.3, 0.4) is 0 Å².